The first-order valence-corrected chi connectivity index (χ1v) is 8.90. The number of nitrogens with one attached hydrogen (secondary N) is 1. The molecule has 4 N–H and O–H groups in total. The second kappa shape index (κ2) is 8.81. The van der Waals surface area contributed by atoms with Crippen LogP contribution in [0.3, 0.4) is 0 Å². The van der Waals surface area contributed by atoms with Crippen LogP contribution in [0.15, 0.2) is 72.9 Å². The minimum Gasteiger partial charge on any atom is -0.481 e. The van der Waals surface area contributed by atoms with Crippen molar-refractivity contribution in [2.75, 3.05) is 5.73 Å². The number of aromatic nitrogens is 1. The van der Waals surface area contributed by atoms with E-state index in [1.165, 1.54) is 12.3 Å². The molecule has 6 nitrogen and oxygen atoms in total. The minimum atomic E-state index is -0.971. The van der Waals surface area contributed by atoms with E-state index in [2.05, 4.69) is 10.3 Å². The van der Waals surface area contributed by atoms with Gasteiger partial charge in [0, 0.05) is 12.2 Å². The van der Waals surface area contributed by atoms with Gasteiger partial charge in [-0.15, -0.1) is 0 Å². The van der Waals surface area contributed by atoms with Crippen LogP contribution in [0.5, 0.6) is 0 Å². The van der Waals surface area contributed by atoms with Crippen molar-refractivity contribution >= 4 is 17.7 Å². The molecule has 1 atom stereocenters. The Morgan fingerprint density at radius 3 is 2.25 bits per heavy atom. The molecule has 1 unspecified atom stereocenters. The van der Waals surface area contributed by atoms with Gasteiger partial charge in [-0.05, 0) is 35.2 Å². The molecule has 0 saturated carbocycles. The summed E-state index contributed by atoms with van der Waals surface area (Å²) in [5, 5.41) is 12.0. The molecular formula is C22H21N3O3. The number of anilines is 1. The lowest BCUT2D eigenvalue weighted by Gasteiger charge is -2.17. The monoisotopic (exact) mass is 375 g/mol. The molecule has 0 radical (unpaired) electrons. The summed E-state index contributed by atoms with van der Waals surface area (Å²) in [5.74, 6) is -1.03. The van der Waals surface area contributed by atoms with Crippen molar-refractivity contribution in [1.82, 2.24) is 10.3 Å². The van der Waals surface area contributed by atoms with Crippen LogP contribution >= 0.6 is 0 Å². The summed E-state index contributed by atoms with van der Waals surface area (Å²) in [6, 6.07) is 20.4. The van der Waals surface area contributed by atoms with E-state index in [-0.39, 0.29) is 12.3 Å². The molecule has 3 rings (SSSR count). The molecular weight excluding hydrogens is 354 g/mol. The van der Waals surface area contributed by atoms with E-state index < -0.39 is 12.0 Å². The highest BCUT2D eigenvalue weighted by Gasteiger charge is 2.18. The first kappa shape index (κ1) is 19.1. The standard InChI is InChI=1S/C22H21N3O3/c23-20-11-10-18(14-24-20)22(28)25-19(13-21(26)27)12-15-6-8-17(9-7-15)16-4-2-1-3-5-16/h1-11,14,19H,12-13H2,(H2,23,24)(H,25,28)(H,26,27). The van der Waals surface area contributed by atoms with E-state index in [4.69, 9.17) is 5.73 Å². The molecule has 28 heavy (non-hydrogen) atoms. The largest absolute Gasteiger partial charge is 0.481 e. The maximum absolute atomic E-state index is 12.4. The molecule has 0 aliphatic heterocycles. The van der Waals surface area contributed by atoms with Crippen molar-refractivity contribution in [1.29, 1.82) is 0 Å². The van der Waals surface area contributed by atoms with Gasteiger partial charge in [0.1, 0.15) is 5.82 Å². The van der Waals surface area contributed by atoms with Crippen molar-refractivity contribution in [2.45, 2.75) is 18.9 Å². The topological polar surface area (TPSA) is 105 Å². The lowest BCUT2D eigenvalue weighted by molar-refractivity contribution is -0.137. The Kier molecular flexibility index (Phi) is 6.01. The smallest absolute Gasteiger partial charge is 0.305 e. The van der Waals surface area contributed by atoms with Crippen LogP contribution in [0.25, 0.3) is 11.1 Å². The number of carbonyl (C=O) groups is 2. The van der Waals surface area contributed by atoms with Crippen LogP contribution in [-0.4, -0.2) is 28.0 Å². The van der Waals surface area contributed by atoms with Gasteiger partial charge in [0.25, 0.3) is 5.91 Å². The zero-order valence-electron chi connectivity index (χ0n) is 15.2. The molecule has 0 aliphatic carbocycles. The van der Waals surface area contributed by atoms with Gasteiger partial charge in [-0.1, -0.05) is 54.6 Å². The van der Waals surface area contributed by atoms with Gasteiger partial charge in [0.2, 0.25) is 0 Å². The molecule has 3 aromatic rings. The van der Waals surface area contributed by atoms with Gasteiger partial charge in [0.05, 0.1) is 12.0 Å². The first-order valence-electron chi connectivity index (χ1n) is 8.90. The number of hydrogen-bond acceptors (Lipinski definition) is 4. The second-order valence-corrected chi connectivity index (χ2v) is 6.51. The third kappa shape index (κ3) is 5.17. The van der Waals surface area contributed by atoms with Crippen molar-refractivity contribution in [2.24, 2.45) is 0 Å². The van der Waals surface area contributed by atoms with E-state index in [0.717, 1.165) is 16.7 Å². The molecule has 1 amide bonds. The molecule has 0 aliphatic rings. The highest BCUT2D eigenvalue weighted by atomic mass is 16.4. The summed E-state index contributed by atoms with van der Waals surface area (Å²) >= 11 is 0. The normalized spacial score (nSPS) is 11.6. The minimum absolute atomic E-state index is 0.172. The van der Waals surface area contributed by atoms with Crippen molar-refractivity contribution in [3.8, 4) is 11.1 Å². The zero-order chi connectivity index (χ0) is 19.9. The molecule has 0 fully saturated rings. The maximum Gasteiger partial charge on any atom is 0.305 e. The van der Waals surface area contributed by atoms with Gasteiger partial charge >= 0.3 is 5.97 Å². The molecule has 2 aromatic carbocycles. The van der Waals surface area contributed by atoms with Crippen LogP contribution in [0.2, 0.25) is 0 Å². The van der Waals surface area contributed by atoms with Gasteiger partial charge in [0.15, 0.2) is 0 Å². The Hall–Kier alpha value is -3.67. The average Bonchev–Trinajstić information content (AvgIpc) is 2.69. The summed E-state index contributed by atoms with van der Waals surface area (Å²) < 4.78 is 0. The van der Waals surface area contributed by atoms with E-state index in [1.54, 1.807) is 6.07 Å². The summed E-state index contributed by atoms with van der Waals surface area (Å²) in [4.78, 5) is 27.5. The zero-order valence-corrected chi connectivity index (χ0v) is 15.2. The van der Waals surface area contributed by atoms with E-state index >= 15 is 0 Å². The van der Waals surface area contributed by atoms with Gasteiger partial charge < -0.3 is 16.2 Å². The first-order chi connectivity index (χ1) is 13.5. The molecule has 6 heteroatoms. The number of rotatable bonds is 7. The molecule has 1 aromatic heterocycles. The fourth-order valence-corrected chi connectivity index (χ4v) is 2.94. The predicted octanol–water partition coefficient (Wildman–Crippen LogP) is 3.15. The van der Waals surface area contributed by atoms with E-state index in [1.807, 2.05) is 54.6 Å². The Labute approximate surface area is 163 Å². The lowest BCUT2D eigenvalue weighted by atomic mass is 9.99. The number of nitrogen functional groups attached to an aromatic ring is 1. The predicted molar refractivity (Wildman–Crippen MR) is 108 cm³/mol. The Balaban J connectivity index is 1.70. The van der Waals surface area contributed by atoms with Crippen LogP contribution < -0.4 is 11.1 Å². The number of benzene rings is 2. The van der Waals surface area contributed by atoms with Crippen molar-refractivity contribution < 1.29 is 14.7 Å². The van der Waals surface area contributed by atoms with Crippen LogP contribution in [0, 0.1) is 0 Å². The summed E-state index contributed by atoms with van der Waals surface area (Å²) in [6.45, 7) is 0. The molecule has 0 spiro atoms. The summed E-state index contributed by atoms with van der Waals surface area (Å²) in [6.07, 6.45) is 1.61. The molecule has 1 heterocycles. The SMILES string of the molecule is Nc1ccc(C(=O)NC(CC(=O)O)Cc2ccc(-c3ccccc3)cc2)cn1. The van der Waals surface area contributed by atoms with Crippen LogP contribution in [0.4, 0.5) is 5.82 Å². The number of nitrogens with zero attached hydrogens (tertiary/aromatic N) is 1. The van der Waals surface area contributed by atoms with Crippen LogP contribution in [-0.2, 0) is 11.2 Å². The number of hydrogen-bond donors (Lipinski definition) is 3. The maximum atomic E-state index is 12.4. The highest BCUT2D eigenvalue weighted by Crippen LogP contribution is 2.20. The van der Waals surface area contributed by atoms with Gasteiger partial charge in [-0.2, -0.15) is 0 Å². The Morgan fingerprint density at radius 1 is 0.964 bits per heavy atom. The molecule has 142 valence electrons. The lowest BCUT2D eigenvalue weighted by Crippen LogP contribution is -2.38. The number of aliphatic carboxylic acids is 1. The summed E-state index contributed by atoms with van der Waals surface area (Å²) in [7, 11) is 0. The summed E-state index contributed by atoms with van der Waals surface area (Å²) in [5.41, 5.74) is 9.00. The average molecular weight is 375 g/mol. The van der Waals surface area contributed by atoms with Crippen molar-refractivity contribution in [3.63, 3.8) is 0 Å². The van der Waals surface area contributed by atoms with Crippen LogP contribution in [0.1, 0.15) is 22.3 Å². The quantitative estimate of drug-likeness (QED) is 0.588. The highest BCUT2D eigenvalue weighted by molar-refractivity contribution is 5.94. The fraction of sp³-hybridized carbons (Fsp3) is 0.136. The fourth-order valence-electron chi connectivity index (χ4n) is 2.94. The number of carboxylic acids is 1. The number of carboxylic acid groups (broad SMARTS) is 1. The number of carbonyl (C=O) groups excluding carboxylic acids is 1. The number of pyridine rings is 1. The number of nitrogens with two attached hydrogens (primary N) is 1. The third-order valence-corrected chi connectivity index (χ3v) is 4.35. The van der Waals surface area contributed by atoms with Crippen molar-refractivity contribution in [3.05, 3.63) is 84.1 Å². The number of amides is 1. The van der Waals surface area contributed by atoms with Gasteiger partial charge in [-0.25, -0.2) is 4.98 Å². The molecule has 0 saturated heterocycles. The van der Waals surface area contributed by atoms with Gasteiger partial charge in [-0.3, -0.25) is 9.59 Å². The Bertz CT molecular complexity index is 939. The molecule has 0 bridgehead atoms. The third-order valence-electron chi connectivity index (χ3n) is 4.35. The van der Waals surface area contributed by atoms with E-state index in [9.17, 15) is 14.7 Å². The van der Waals surface area contributed by atoms with E-state index in [0.29, 0.717) is 17.8 Å². The Morgan fingerprint density at radius 2 is 1.64 bits per heavy atom. The second-order valence-electron chi connectivity index (χ2n) is 6.51.